The van der Waals surface area contributed by atoms with Gasteiger partial charge in [0.25, 0.3) is 0 Å². The standard InChI is InChI=1S/C18H15N5O3/c24-17(13-1-2-15-16(5-13)26-4-3-25-15)14-9-22-18(23-10-14)21-8-12-6-19-11-20-7-12/h1-2,5-7,9-11H,3-4,8H2,(H,21,22,23). The Kier molecular flexibility index (Phi) is 4.38. The second-order valence-corrected chi connectivity index (χ2v) is 5.58. The molecule has 26 heavy (non-hydrogen) atoms. The van der Waals surface area contributed by atoms with Gasteiger partial charge in [0.15, 0.2) is 17.3 Å². The Bertz CT molecular complexity index is 916. The van der Waals surface area contributed by atoms with Crippen LogP contribution in [0.5, 0.6) is 11.5 Å². The molecule has 0 saturated carbocycles. The molecule has 1 N–H and O–H groups in total. The number of ketones is 1. The number of hydrogen-bond acceptors (Lipinski definition) is 8. The van der Waals surface area contributed by atoms with E-state index in [2.05, 4.69) is 25.3 Å². The van der Waals surface area contributed by atoms with Gasteiger partial charge < -0.3 is 14.8 Å². The lowest BCUT2D eigenvalue weighted by Gasteiger charge is -2.18. The summed E-state index contributed by atoms with van der Waals surface area (Å²) in [6, 6.07) is 5.12. The normalized spacial score (nSPS) is 12.5. The van der Waals surface area contributed by atoms with Crippen LogP contribution in [0.25, 0.3) is 0 Å². The van der Waals surface area contributed by atoms with E-state index in [0.29, 0.717) is 48.3 Å². The molecule has 0 saturated heterocycles. The maximum absolute atomic E-state index is 12.6. The zero-order valence-electron chi connectivity index (χ0n) is 13.8. The summed E-state index contributed by atoms with van der Waals surface area (Å²) in [4.78, 5) is 28.9. The highest BCUT2D eigenvalue weighted by atomic mass is 16.6. The quantitative estimate of drug-likeness (QED) is 0.697. The minimum absolute atomic E-state index is 0.176. The first-order chi connectivity index (χ1) is 12.8. The van der Waals surface area contributed by atoms with Crippen LogP contribution in [0.3, 0.4) is 0 Å². The van der Waals surface area contributed by atoms with Gasteiger partial charge in [-0.05, 0) is 18.2 Å². The lowest BCUT2D eigenvalue weighted by atomic mass is 10.1. The van der Waals surface area contributed by atoms with Crippen LogP contribution in [0.2, 0.25) is 0 Å². The molecular weight excluding hydrogens is 334 g/mol. The molecular formula is C18H15N5O3. The van der Waals surface area contributed by atoms with Crippen molar-refractivity contribution in [2.75, 3.05) is 18.5 Å². The number of anilines is 1. The van der Waals surface area contributed by atoms with Crippen molar-refractivity contribution in [3.8, 4) is 11.5 Å². The fourth-order valence-corrected chi connectivity index (χ4v) is 2.49. The lowest BCUT2D eigenvalue weighted by molar-refractivity contribution is 0.103. The van der Waals surface area contributed by atoms with Gasteiger partial charge in [0, 0.05) is 42.5 Å². The molecule has 0 bridgehead atoms. The summed E-state index contributed by atoms with van der Waals surface area (Å²) in [5, 5.41) is 3.06. The zero-order chi connectivity index (χ0) is 17.8. The molecule has 3 aromatic rings. The van der Waals surface area contributed by atoms with Crippen LogP contribution in [0, 0.1) is 0 Å². The van der Waals surface area contributed by atoms with Gasteiger partial charge in [0.05, 0.1) is 5.56 Å². The van der Waals surface area contributed by atoms with Crippen molar-refractivity contribution in [1.29, 1.82) is 0 Å². The summed E-state index contributed by atoms with van der Waals surface area (Å²) in [6.45, 7) is 1.48. The first-order valence-electron chi connectivity index (χ1n) is 8.04. The van der Waals surface area contributed by atoms with E-state index >= 15 is 0 Å². The number of nitrogens with one attached hydrogen (secondary N) is 1. The average molecular weight is 349 g/mol. The predicted molar refractivity (Wildman–Crippen MR) is 92.3 cm³/mol. The molecule has 0 fully saturated rings. The molecule has 0 radical (unpaired) electrons. The number of carbonyl (C=O) groups excluding carboxylic acids is 1. The topological polar surface area (TPSA) is 99.1 Å². The maximum atomic E-state index is 12.6. The summed E-state index contributed by atoms with van der Waals surface area (Å²) >= 11 is 0. The largest absolute Gasteiger partial charge is 0.486 e. The number of ether oxygens (including phenoxy) is 2. The fraction of sp³-hybridized carbons (Fsp3) is 0.167. The third-order valence-corrected chi connectivity index (χ3v) is 3.78. The molecule has 1 aliphatic heterocycles. The molecule has 130 valence electrons. The third kappa shape index (κ3) is 3.44. The Morgan fingerprint density at radius 3 is 2.46 bits per heavy atom. The van der Waals surface area contributed by atoms with Crippen LogP contribution in [0.4, 0.5) is 5.95 Å². The summed E-state index contributed by atoms with van der Waals surface area (Å²) in [7, 11) is 0. The second-order valence-electron chi connectivity index (χ2n) is 5.58. The molecule has 0 aliphatic carbocycles. The van der Waals surface area contributed by atoms with Crippen LogP contribution in [-0.2, 0) is 6.54 Å². The molecule has 4 rings (SSSR count). The summed E-state index contributed by atoms with van der Waals surface area (Å²) in [5.74, 6) is 1.47. The SMILES string of the molecule is O=C(c1cnc(NCc2cncnc2)nc1)c1ccc2c(c1)OCCO2. The molecule has 0 atom stereocenters. The van der Waals surface area contributed by atoms with Crippen molar-refractivity contribution < 1.29 is 14.3 Å². The third-order valence-electron chi connectivity index (χ3n) is 3.78. The van der Waals surface area contributed by atoms with Gasteiger partial charge in [-0.1, -0.05) is 0 Å². The fourth-order valence-electron chi connectivity index (χ4n) is 2.49. The van der Waals surface area contributed by atoms with Gasteiger partial charge in [-0.25, -0.2) is 19.9 Å². The average Bonchev–Trinajstić information content (AvgIpc) is 2.72. The zero-order valence-corrected chi connectivity index (χ0v) is 13.8. The Balaban J connectivity index is 1.45. The molecule has 3 heterocycles. The van der Waals surface area contributed by atoms with E-state index in [1.807, 2.05) is 0 Å². The van der Waals surface area contributed by atoms with Crippen molar-refractivity contribution in [1.82, 2.24) is 19.9 Å². The number of nitrogens with zero attached hydrogens (tertiary/aromatic N) is 4. The highest BCUT2D eigenvalue weighted by Crippen LogP contribution is 2.31. The second kappa shape index (κ2) is 7.14. The first-order valence-corrected chi connectivity index (χ1v) is 8.04. The Labute approximate surface area is 149 Å². The van der Waals surface area contributed by atoms with Gasteiger partial charge in [-0.2, -0.15) is 0 Å². The summed E-state index contributed by atoms with van der Waals surface area (Å²) in [5.41, 5.74) is 1.81. The number of hydrogen-bond donors (Lipinski definition) is 1. The van der Waals surface area contributed by atoms with E-state index in [-0.39, 0.29) is 5.78 Å². The van der Waals surface area contributed by atoms with E-state index in [1.54, 1.807) is 30.6 Å². The maximum Gasteiger partial charge on any atom is 0.222 e. The first kappa shape index (κ1) is 15.9. The molecule has 1 aliphatic rings. The smallest absolute Gasteiger partial charge is 0.222 e. The van der Waals surface area contributed by atoms with Crippen molar-refractivity contribution in [3.05, 3.63) is 66.0 Å². The van der Waals surface area contributed by atoms with Crippen LogP contribution >= 0.6 is 0 Å². The van der Waals surface area contributed by atoms with E-state index in [9.17, 15) is 4.79 Å². The van der Waals surface area contributed by atoms with E-state index in [4.69, 9.17) is 9.47 Å². The molecule has 8 nitrogen and oxygen atoms in total. The molecule has 1 aromatic carbocycles. The van der Waals surface area contributed by atoms with Crippen molar-refractivity contribution in [2.45, 2.75) is 6.54 Å². The molecule has 0 unspecified atom stereocenters. The van der Waals surface area contributed by atoms with Crippen LogP contribution in [0.15, 0.2) is 49.3 Å². The van der Waals surface area contributed by atoms with Crippen molar-refractivity contribution in [3.63, 3.8) is 0 Å². The minimum atomic E-state index is -0.176. The Morgan fingerprint density at radius 2 is 1.69 bits per heavy atom. The minimum Gasteiger partial charge on any atom is -0.486 e. The Morgan fingerprint density at radius 1 is 0.962 bits per heavy atom. The van der Waals surface area contributed by atoms with Crippen LogP contribution in [-0.4, -0.2) is 38.9 Å². The van der Waals surface area contributed by atoms with Gasteiger partial charge >= 0.3 is 0 Å². The van der Waals surface area contributed by atoms with E-state index in [1.165, 1.54) is 18.7 Å². The van der Waals surface area contributed by atoms with Gasteiger partial charge in [-0.15, -0.1) is 0 Å². The van der Waals surface area contributed by atoms with Crippen LogP contribution < -0.4 is 14.8 Å². The number of benzene rings is 1. The molecule has 8 heteroatoms. The lowest BCUT2D eigenvalue weighted by Crippen LogP contribution is -2.16. The molecule has 0 amide bonds. The number of aromatic nitrogens is 4. The van der Waals surface area contributed by atoms with Crippen molar-refractivity contribution in [2.24, 2.45) is 0 Å². The number of carbonyl (C=O) groups is 1. The highest BCUT2D eigenvalue weighted by Gasteiger charge is 2.16. The van der Waals surface area contributed by atoms with Crippen molar-refractivity contribution >= 4 is 11.7 Å². The monoisotopic (exact) mass is 349 g/mol. The predicted octanol–water partition coefficient (Wildman–Crippen LogP) is 1.88. The van der Waals surface area contributed by atoms with E-state index < -0.39 is 0 Å². The molecule has 0 spiro atoms. The highest BCUT2D eigenvalue weighted by molar-refractivity contribution is 6.09. The van der Waals surface area contributed by atoms with Crippen LogP contribution in [0.1, 0.15) is 21.5 Å². The summed E-state index contributed by atoms with van der Waals surface area (Å²) in [6.07, 6.45) is 7.88. The Hall–Kier alpha value is -3.55. The van der Waals surface area contributed by atoms with E-state index in [0.717, 1.165) is 5.56 Å². The summed E-state index contributed by atoms with van der Waals surface area (Å²) < 4.78 is 11.0. The number of fused-ring (bicyclic) bond motifs is 1. The van der Waals surface area contributed by atoms with Gasteiger partial charge in [-0.3, -0.25) is 4.79 Å². The van der Waals surface area contributed by atoms with Gasteiger partial charge in [0.1, 0.15) is 19.5 Å². The number of rotatable bonds is 5. The molecule has 2 aromatic heterocycles. The van der Waals surface area contributed by atoms with Gasteiger partial charge in [0.2, 0.25) is 5.95 Å².